The second kappa shape index (κ2) is 4.38. The third-order valence-electron chi connectivity index (χ3n) is 0.974. The van der Waals surface area contributed by atoms with Crippen LogP contribution in [0.25, 0.3) is 0 Å². The van der Waals surface area contributed by atoms with Crippen molar-refractivity contribution in [2.45, 2.75) is 5.51 Å². The molecule has 0 unspecified atom stereocenters. The van der Waals surface area contributed by atoms with Gasteiger partial charge in [-0.25, -0.2) is 8.42 Å². The fourth-order valence-corrected chi connectivity index (χ4v) is 2.99. The molecule has 0 aromatic carbocycles. The van der Waals surface area contributed by atoms with Crippen molar-refractivity contribution in [3.05, 3.63) is 0 Å². The summed E-state index contributed by atoms with van der Waals surface area (Å²) in [5.41, 5.74) is -5.64. The molecule has 0 aliphatic rings. The van der Waals surface area contributed by atoms with Gasteiger partial charge in [0, 0.05) is 0 Å². The number of terminal acetylenes is 1. The van der Waals surface area contributed by atoms with Crippen molar-refractivity contribution in [1.82, 2.24) is 0 Å². The van der Waals surface area contributed by atoms with Crippen LogP contribution >= 0.6 is 0 Å². The third-order valence-corrected chi connectivity index (χ3v) is 4.55. The van der Waals surface area contributed by atoms with E-state index in [1.165, 1.54) is 0 Å². The lowest BCUT2D eigenvalue weighted by atomic mass is 10.8. The average molecular weight is 266 g/mol. The minimum atomic E-state index is -5.77. The SMILES string of the molecule is C#CCOS(=O)(=O)CS(=O)(=O)C(F)(F)F. The molecule has 0 atom stereocenters. The van der Waals surface area contributed by atoms with E-state index in [2.05, 4.69) is 10.6 Å². The summed E-state index contributed by atoms with van der Waals surface area (Å²) in [6.45, 7) is -0.824. The molecule has 0 aromatic heterocycles. The molecule has 0 aromatic rings. The molecule has 0 bridgehead atoms. The van der Waals surface area contributed by atoms with Gasteiger partial charge in [0.15, 0.2) is 5.08 Å². The van der Waals surface area contributed by atoms with E-state index in [9.17, 15) is 30.0 Å². The molecule has 0 fully saturated rings. The minimum Gasteiger partial charge on any atom is -0.256 e. The van der Waals surface area contributed by atoms with E-state index >= 15 is 0 Å². The number of alkyl halides is 3. The topological polar surface area (TPSA) is 77.5 Å². The van der Waals surface area contributed by atoms with Gasteiger partial charge in [0.1, 0.15) is 6.61 Å². The molecule has 0 saturated carbocycles. The molecule has 0 aliphatic carbocycles. The van der Waals surface area contributed by atoms with Crippen LogP contribution in [0, 0.1) is 12.3 Å². The van der Waals surface area contributed by atoms with E-state index in [1.807, 2.05) is 0 Å². The molecule has 0 radical (unpaired) electrons. The van der Waals surface area contributed by atoms with Gasteiger partial charge in [0.25, 0.3) is 20.0 Å². The lowest BCUT2D eigenvalue weighted by Crippen LogP contribution is -2.30. The van der Waals surface area contributed by atoms with Crippen LogP contribution in [0.3, 0.4) is 0 Å². The van der Waals surface area contributed by atoms with Gasteiger partial charge < -0.3 is 0 Å². The second-order valence-electron chi connectivity index (χ2n) is 2.20. The number of hydrogen-bond acceptors (Lipinski definition) is 5. The van der Waals surface area contributed by atoms with Crippen LogP contribution in [0.1, 0.15) is 0 Å². The molecule has 10 heteroatoms. The van der Waals surface area contributed by atoms with Crippen LogP contribution in [0.4, 0.5) is 13.2 Å². The molecule has 0 saturated heterocycles. The summed E-state index contributed by atoms with van der Waals surface area (Å²) < 4.78 is 81.1. The van der Waals surface area contributed by atoms with E-state index in [-0.39, 0.29) is 0 Å². The molecular formula is C5H5F3O5S2. The Morgan fingerprint density at radius 1 is 1.20 bits per heavy atom. The summed E-state index contributed by atoms with van der Waals surface area (Å²) in [5, 5.41) is -2.18. The van der Waals surface area contributed by atoms with Crippen molar-refractivity contribution in [3.63, 3.8) is 0 Å². The molecule has 0 amide bonds. The van der Waals surface area contributed by atoms with Crippen molar-refractivity contribution >= 4 is 20.0 Å². The summed E-state index contributed by atoms with van der Waals surface area (Å²) in [5.74, 6) is 1.67. The molecular weight excluding hydrogens is 261 g/mol. The maximum absolute atomic E-state index is 11.7. The Morgan fingerprint density at radius 2 is 1.67 bits per heavy atom. The third kappa shape index (κ3) is 4.50. The average Bonchev–Trinajstić information content (AvgIpc) is 1.96. The van der Waals surface area contributed by atoms with Crippen molar-refractivity contribution in [1.29, 1.82) is 0 Å². The predicted octanol–water partition coefficient (Wildman–Crippen LogP) is -0.142. The summed E-state index contributed by atoms with van der Waals surface area (Å²) in [6, 6.07) is 0. The normalized spacial score (nSPS) is 13.5. The van der Waals surface area contributed by atoms with Crippen molar-refractivity contribution in [2.24, 2.45) is 0 Å². The summed E-state index contributed by atoms with van der Waals surface area (Å²) >= 11 is 0. The molecule has 0 spiro atoms. The van der Waals surface area contributed by atoms with E-state index in [4.69, 9.17) is 0 Å². The summed E-state index contributed by atoms with van der Waals surface area (Å²) in [6.07, 6.45) is 4.57. The molecule has 0 N–H and O–H groups in total. The van der Waals surface area contributed by atoms with Gasteiger partial charge in [-0.2, -0.15) is 21.6 Å². The van der Waals surface area contributed by atoms with Crippen LogP contribution in [-0.2, 0) is 24.1 Å². The zero-order chi connectivity index (χ0) is 12.3. The Labute approximate surface area is 84.3 Å². The maximum atomic E-state index is 11.7. The van der Waals surface area contributed by atoms with Gasteiger partial charge in [-0.1, -0.05) is 5.92 Å². The molecule has 0 aliphatic heterocycles. The Bertz CT molecular complexity index is 452. The second-order valence-corrected chi connectivity index (χ2v) is 6.19. The first-order valence-electron chi connectivity index (χ1n) is 3.11. The van der Waals surface area contributed by atoms with Gasteiger partial charge in [-0.3, -0.25) is 4.18 Å². The minimum absolute atomic E-state index is 0.824. The Hall–Kier alpha value is -0.790. The van der Waals surface area contributed by atoms with Crippen LogP contribution in [0.2, 0.25) is 0 Å². The fourth-order valence-electron chi connectivity index (χ4n) is 0.415. The van der Waals surface area contributed by atoms with Gasteiger partial charge in [0.05, 0.1) is 0 Å². The molecule has 0 rings (SSSR count). The van der Waals surface area contributed by atoms with Crippen LogP contribution in [-0.4, -0.2) is 34.0 Å². The first kappa shape index (κ1) is 14.2. The monoisotopic (exact) mass is 266 g/mol. The molecule has 15 heavy (non-hydrogen) atoms. The van der Waals surface area contributed by atoms with Crippen LogP contribution < -0.4 is 0 Å². The maximum Gasteiger partial charge on any atom is 0.498 e. The van der Waals surface area contributed by atoms with E-state index in [0.29, 0.717) is 0 Å². The lowest BCUT2D eigenvalue weighted by Gasteiger charge is -2.07. The van der Waals surface area contributed by atoms with Crippen molar-refractivity contribution < 1.29 is 34.2 Å². The number of sulfone groups is 1. The Kier molecular flexibility index (Phi) is 4.15. The highest BCUT2D eigenvalue weighted by molar-refractivity contribution is 8.06. The highest BCUT2D eigenvalue weighted by Gasteiger charge is 2.48. The van der Waals surface area contributed by atoms with Crippen molar-refractivity contribution in [3.8, 4) is 12.3 Å². The fraction of sp³-hybridized carbons (Fsp3) is 0.600. The largest absolute Gasteiger partial charge is 0.498 e. The first-order chi connectivity index (χ1) is 6.52. The van der Waals surface area contributed by atoms with E-state index in [1.54, 1.807) is 5.92 Å². The van der Waals surface area contributed by atoms with Gasteiger partial charge in [-0.15, -0.1) is 6.42 Å². The highest BCUT2D eigenvalue weighted by atomic mass is 32.3. The zero-order valence-electron chi connectivity index (χ0n) is 6.98. The van der Waals surface area contributed by atoms with Crippen LogP contribution in [0.15, 0.2) is 0 Å². The number of rotatable bonds is 4. The van der Waals surface area contributed by atoms with Gasteiger partial charge in [-0.05, 0) is 0 Å². The molecule has 5 nitrogen and oxygen atoms in total. The predicted molar refractivity (Wildman–Crippen MR) is 43.5 cm³/mol. The lowest BCUT2D eigenvalue weighted by molar-refractivity contribution is -0.0431. The van der Waals surface area contributed by atoms with Gasteiger partial charge in [0.2, 0.25) is 0 Å². The zero-order valence-corrected chi connectivity index (χ0v) is 8.62. The Morgan fingerprint density at radius 3 is 2.00 bits per heavy atom. The van der Waals surface area contributed by atoms with Crippen molar-refractivity contribution in [2.75, 3.05) is 11.7 Å². The number of halogens is 3. The molecule has 0 heterocycles. The van der Waals surface area contributed by atoms with Crippen LogP contribution in [0.5, 0.6) is 0 Å². The highest BCUT2D eigenvalue weighted by Crippen LogP contribution is 2.25. The smallest absolute Gasteiger partial charge is 0.256 e. The molecule has 88 valence electrons. The van der Waals surface area contributed by atoms with E-state index < -0.39 is 37.2 Å². The Balaban J connectivity index is 4.85. The first-order valence-corrected chi connectivity index (χ1v) is 6.34. The number of hydrogen-bond donors (Lipinski definition) is 0. The van der Waals surface area contributed by atoms with E-state index in [0.717, 1.165) is 0 Å². The summed E-state index contributed by atoms with van der Waals surface area (Å²) in [7, 11) is -10.6. The van der Waals surface area contributed by atoms with Gasteiger partial charge >= 0.3 is 5.51 Å². The summed E-state index contributed by atoms with van der Waals surface area (Å²) in [4.78, 5) is 0. The quantitative estimate of drug-likeness (QED) is 0.522. The standard InChI is InChI=1S/C5H5F3O5S2/c1-2-3-13-15(11,12)4-14(9,10)5(6,7)8/h1H,3-4H2.